The maximum absolute atomic E-state index is 13.1. The van der Waals surface area contributed by atoms with Crippen molar-refractivity contribution in [2.45, 2.75) is 17.7 Å². The molecule has 4 rings (SSSR count). The zero-order chi connectivity index (χ0) is 22.0. The summed E-state index contributed by atoms with van der Waals surface area (Å²) in [5.41, 5.74) is 1.00. The number of pyridine rings is 1. The van der Waals surface area contributed by atoms with E-state index in [1.54, 1.807) is 12.1 Å². The molecule has 31 heavy (non-hydrogen) atoms. The first kappa shape index (κ1) is 20.7. The van der Waals surface area contributed by atoms with Crippen LogP contribution in [0.2, 0.25) is 0 Å². The Labute approximate surface area is 182 Å². The smallest absolute Gasteiger partial charge is 0.291 e. The van der Waals surface area contributed by atoms with E-state index in [-0.39, 0.29) is 24.0 Å². The molecule has 0 fully saturated rings. The van der Waals surface area contributed by atoms with Crippen molar-refractivity contribution < 1.29 is 14.3 Å². The van der Waals surface area contributed by atoms with Crippen LogP contribution in [0.5, 0.6) is 5.75 Å². The number of ether oxygens (including phenoxy) is 1. The summed E-state index contributed by atoms with van der Waals surface area (Å²) in [7, 11) is 17.4. The van der Waals surface area contributed by atoms with Gasteiger partial charge in [0.25, 0.3) is 11.8 Å². The second-order valence-electron chi connectivity index (χ2n) is 6.99. The molecule has 0 aliphatic carbocycles. The average Bonchev–Trinajstić information content (AvgIpc) is 3.14. The molecule has 1 aliphatic heterocycles. The zero-order valence-corrected chi connectivity index (χ0v) is 16.4. The Morgan fingerprint density at radius 3 is 2.74 bits per heavy atom. The number of H-pyrrole nitrogens is 1. The molecule has 3 heterocycles. The summed E-state index contributed by atoms with van der Waals surface area (Å²) in [5.74, 6) is -0.667. The Morgan fingerprint density at radius 1 is 1.23 bits per heavy atom. The van der Waals surface area contributed by atoms with Crippen molar-refractivity contribution in [2.24, 2.45) is 0 Å². The fourth-order valence-corrected chi connectivity index (χ4v) is 3.13. The van der Waals surface area contributed by atoms with Crippen LogP contribution in [0.25, 0.3) is 0 Å². The maximum atomic E-state index is 13.1. The van der Waals surface area contributed by atoms with E-state index in [0.29, 0.717) is 12.2 Å². The number of nitrogens with one attached hydrogen (secondary N) is 2. The van der Waals surface area contributed by atoms with Crippen LogP contribution in [-0.4, -0.2) is 73.4 Å². The van der Waals surface area contributed by atoms with E-state index in [1.807, 2.05) is 30.3 Å². The number of nitrogens with zero attached hydrogens (tertiary/aromatic N) is 4. The van der Waals surface area contributed by atoms with E-state index in [0.717, 1.165) is 10.5 Å². The van der Waals surface area contributed by atoms with E-state index in [4.69, 9.17) is 28.3 Å². The molecule has 3 aromatic rings. The van der Waals surface area contributed by atoms with Crippen molar-refractivity contribution in [3.05, 3.63) is 65.9 Å². The molecule has 1 aliphatic rings. The monoisotopic (exact) mass is 408 g/mol. The van der Waals surface area contributed by atoms with Gasteiger partial charge >= 0.3 is 0 Å². The van der Waals surface area contributed by atoms with E-state index in [1.165, 1.54) is 6.20 Å². The molecule has 0 bridgehead atoms. The first-order valence-electron chi connectivity index (χ1n) is 9.37. The fraction of sp³-hybridized carbons (Fsp3) is 0.211. The lowest BCUT2D eigenvalue weighted by Gasteiger charge is -2.37. The van der Waals surface area contributed by atoms with Crippen molar-refractivity contribution in [3.8, 4) is 5.75 Å². The van der Waals surface area contributed by atoms with Crippen LogP contribution in [0.15, 0.2) is 48.7 Å². The van der Waals surface area contributed by atoms with Gasteiger partial charge in [-0.1, -0.05) is 35.6 Å². The minimum Gasteiger partial charge on any atom is -0.487 e. The number of aromatic nitrogens is 4. The molecule has 6 radical (unpaired) electrons. The molecule has 12 heteroatoms. The summed E-state index contributed by atoms with van der Waals surface area (Å²) < 4.78 is 5.62. The lowest BCUT2D eigenvalue weighted by molar-refractivity contribution is -0.120. The van der Waals surface area contributed by atoms with Gasteiger partial charge in [0, 0.05) is 12.6 Å². The number of fused-ring (bicyclic) bond motifs is 1. The van der Waals surface area contributed by atoms with Gasteiger partial charge in [0.05, 0.1) is 23.5 Å². The summed E-state index contributed by atoms with van der Waals surface area (Å²) >= 11 is 0. The third-order valence-corrected chi connectivity index (χ3v) is 4.53. The van der Waals surface area contributed by atoms with Crippen LogP contribution >= 0.6 is 0 Å². The largest absolute Gasteiger partial charge is 0.487 e. The predicted molar refractivity (Wildman–Crippen MR) is 114 cm³/mol. The van der Waals surface area contributed by atoms with Crippen LogP contribution < -0.4 is 15.0 Å². The van der Waals surface area contributed by atoms with Crippen LogP contribution in [0, 0.1) is 0 Å². The second kappa shape index (κ2) is 8.29. The summed E-state index contributed by atoms with van der Waals surface area (Å²) in [4.78, 5) is 34.9. The normalized spacial score (nSPS) is 16.2. The molecule has 0 spiro atoms. The molecule has 2 aromatic heterocycles. The Bertz CT molecular complexity index is 1100. The minimum atomic E-state index is -2.07. The molecule has 0 saturated heterocycles. The number of hydrogen-bond donors (Lipinski definition) is 2. The Balaban J connectivity index is 1.51. The average molecular weight is 408 g/mol. The number of anilines is 1. The molecular weight excluding hydrogens is 393 g/mol. The number of rotatable bonds is 5. The first-order chi connectivity index (χ1) is 14.8. The number of carbonyl (C=O) groups is 2. The van der Waals surface area contributed by atoms with Gasteiger partial charge in [0.1, 0.15) is 18.5 Å². The van der Waals surface area contributed by atoms with E-state index in [9.17, 15) is 9.59 Å². The molecule has 1 atom stereocenters. The van der Waals surface area contributed by atoms with Gasteiger partial charge in [0.15, 0.2) is 11.6 Å². The Hall–Kier alpha value is -3.56. The fourth-order valence-electron chi connectivity index (χ4n) is 3.13. The predicted octanol–water partition coefficient (Wildman–Crippen LogP) is -0.569. The second-order valence-corrected chi connectivity index (χ2v) is 6.99. The maximum Gasteiger partial charge on any atom is 0.291 e. The van der Waals surface area contributed by atoms with Gasteiger partial charge in [-0.05, 0) is 17.7 Å². The molecular formula is C19H15B3N6O3. The van der Waals surface area contributed by atoms with Gasteiger partial charge < -0.3 is 15.0 Å². The Kier molecular flexibility index (Phi) is 5.54. The molecule has 9 nitrogen and oxygen atoms in total. The summed E-state index contributed by atoms with van der Waals surface area (Å²) in [6.45, 7) is -0.183. The molecule has 0 saturated carbocycles. The number of amides is 2. The topological polar surface area (TPSA) is 113 Å². The third kappa shape index (κ3) is 4.47. The number of hydrogen-bond acceptors (Lipinski definition) is 6. The highest BCUT2D eigenvalue weighted by atomic mass is 16.5. The lowest BCUT2D eigenvalue weighted by Crippen LogP contribution is -2.60. The molecule has 0 unspecified atom stereocenters. The minimum absolute atomic E-state index is 0.0554. The summed E-state index contributed by atoms with van der Waals surface area (Å²) in [6, 6.07) is 11.6. The molecule has 2 amide bonds. The van der Waals surface area contributed by atoms with Crippen molar-refractivity contribution in [2.75, 3.05) is 11.5 Å². The zero-order valence-electron chi connectivity index (χ0n) is 16.4. The molecule has 2 N–H and O–H groups in total. The van der Waals surface area contributed by atoms with Crippen LogP contribution in [0.1, 0.15) is 22.0 Å². The van der Waals surface area contributed by atoms with E-state index < -0.39 is 23.1 Å². The third-order valence-electron chi connectivity index (χ3n) is 4.53. The van der Waals surface area contributed by atoms with Gasteiger partial charge in [0.2, 0.25) is 5.82 Å². The number of carbonyl (C=O) groups excluding carboxylic acids is 2. The number of aromatic amines is 1. The quantitative estimate of drug-likeness (QED) is 0.548. The highest BCUT2D eigenvalue weighted by Gasteiger charge is 2.38. The Morgan fingerprint density at radius 2 is 2.00 bits per heavy atom. The van der Waals surface area contributed by atoms with Gasteiger partial charge in [-0.2, -0.15) is 0 Å². The van der Waals surface area contributed by atoms with Crippen molar-refractivity contribution >= 4 is 41.2 Å². The van der Waals surface area contributed by atoms with Crippen LogP contribution in [-0.2, 0) is 11.2 Å². The van der Waals surface area contributed by atoms with E-state index in [2.05, 4.69) is 25.5 Å². The summed E-state index contributed by atoms with van der Waals surface area (Å²) in [5, 5.41) is 7.14. The van der Waals surface area contributed by atoms with Crippen molar-refractivity contribution in [1.29, 1.82) is 0 Å². The van der Waals surface area contributed by atoms with Crippen LogP contribution in [0.3, 0.4) is 0 Å². The van der Waals surface area contributed by atoms with Gasteiger partial charge in [-0.15, -0.1) is 5.10 Å². The van der Waals surface area contributed by atoms with Gasteiger partial charge in [-0.3, -0.25) is 14.7 Å². The molecule has 1 aromatic carbocycles. The van der Waals surface area contributed by atoms with Crippen molar-refractivity contribution in [3.63, 3.8) is 0 Å². The van der Waals surface area contributed by atoms with Gasteiger partial charge in [-0.25, -0.2) is 9.97 Å². The van der Waals surface area contributed by atoms with E-state index >= 15 is 0 Å². The van der Waals surface area contributed by atoms with Crippen LogP contribution in [0.4, 0.5) is 5.82 Å². The first-order valence-corrected chi connectivity index (χ1v) is 9.37. The van der Waals surface area contributed by atoms with Crippen molar-refractivity contribution in [1.82, 2.24) is 25.5 Å². The standard InChI is InChI=1S/C19H15B3N6O3/c20-19(21,22)28-16-13(7-4-8-23-16)31-10-12(18(28)30)24-17(29)15-25-14(26-27-15)9-11-5-2-1-3-6-11/h1-8,12H,9-10H2,(H,24,29)(H,25,26,27)/t12-/m0/s1. The highest BCUT2D eigenvalue weighted by molar-refractivity contribution is 6.62. The summed E-state index contributed by atoms with van der Waals surface area (Å²) in [6.07, 6.45) is 1.91. The highest BCUT2D eigenvalue weighted by Crippen LogP contribution is 2.31. The molecule has 148 valence electrons. The number of benzene rings is 1. The SMILES string of the molecule is [B]C([B])([B])N1C(=O)[C@@H](NC(=O)c2n[nH]c(Cc3ccccc3)n2)COc2cccnc21. The lowest BCUT2D eigenvalue weighted by atomic mass is 9.48.